The smallest absolute Gasteiger partial charge is 0.327 e. The SMILES string of the molecule is CC(C)C(N)CC(=O)Nc1ccc(C(F)(F)F)cc1Cl. The van der Waals surface area contributed by atoms with E-state index >= 15 is 0 Å². The molecule has 0 saturated carbocycles. The fourth-order valence-electron chi connectivity index (χ4n) is 1.44. The molecular weight excluding hydrogens is 293 g/mol. The highest BCUT2D eigenvalue weighted by atomic mass is 35.5. The highest BCUT2D eigenvalue weighted by molar-refractivity contribution is 6.33. The highest BCUT2D eigenvalue weighted by Crippen LogP contribution is 2.33. The van der Waals surface area contributed by atoms with Crippen molar-refractivity contribution in [1.82, 2.24) is 0 Å². The summed E-state index contributed by atoms with van der Waals surface area (Å²) in [5, 5.41) is 2.30. The van der Waals surface area contributed by atoms with Crippen LogP contribution in [0.3, 0.4) is 0 Å². The maximum absolute atomic E-state index is 12.5. The molecule has 1 aromatic carbocycles. The third kappa shape index (κ3) is 4.68. The van der Waals surface area contributed by atoms with E-state index in [0.29, 0.717) is 0 Å². The number of nitrogens with one attached hydrogen (secondary N) is 1. The van der Waals surface area contributed by atoms with E-state index in [-0.39, 0.29) is 35.0 Å². The molecule has 0 aliphatic heterocycles. The predicted octanol–water partition coefficient (Wildman–Crippen LogP) is 3.67. The zero-order chi connectivity index (χ0) is 15.5. The van der Waals surface area contributed by atoms with Crippen LogP contribution in [0.5, 0.6) is 0 Å². The molecule has 20 heavy (non-hydrogen) atoms. The Morgan fingerprint density at radius 2 is 2.00 bits per heavy atom. The molecule has 0 fully saturated rings. The molecule has 112 valence electrons. The molecular formula is C13H16ClF3N2O. The lowest BCUT2D eigenvalue weighted by Gasteiger charge is -2.16. The van der Waals surface area contributed by atoms with Crippen molar-refractivity contribution < 1.29 is 18.0 Å². The molecule has 1 unspecified atom stereocenters. The minimum Gasteiger partial charge on any atom is -0.327 e. The van der Waals surface area contributed by atoms with E-state index in [4.69, 9.17) is 17.3 Å². The number of carbonyl (C=O) groups is 1. The summed E-state index contributed by atoms with van der Waals surface area (Å²) in [5.41, 5.74) is 5.03. The Balaban J connectivity index is 2.77. The first kappa shape index (κ1) is 16.8. The molecule has 0 aliphatic rings. The summed E-state index contributed by atoms with van der Waals surface area (Å²) in [7, 11) is 0. The van der Waals surface area contributed by atoms with E-state index in [9.17, 15) is 18.0 Å². The van der Waals surface area contributed by atoms with Crippen LogP contribution in [0.25, 0.3) is 0 Å². The Hall–Kier alpha value is -1.27. The lowest BCUT2D eigenvalue weighted by Crippen LogP contribution is -2.31. The fraction of sp³-hybridized carbons (Fsp3) is 0.462. The van der Waals surface area contributed by atoms with Crippen molar-refractivity contribution in [2.45, 2.75) is 32.5 Å². The van der Waals surface area contributed by atoms with Gasteiger partial charge in [-0.2, -0.15) is 13.2 Å². The molecule has 0 heterocycles. The van der Waals surface area contributed by atoms with Gasteiger partial charge in [-0.25, -0.2) is 0 Å². The molecule has 7 heteroatoms. The van der Waals surface area contributed by atoms with Gasteiger partial charge in [-0.3, -0.25) is 4.79 Å². The molecule has 0 aliphatic carbocycles. The standard InChI is InChI=1S/C13H16ClF3N2O/c1-7(2)10(18)6-12(20)19-11-4-3-8(5-9(11)14)13(15,16)17/h3-5,7,10H,6,18H2,1-2H3,(H,19,20). The first-order valence-electron chi connectivity index (χ1n) is 6.03. The number of hydrogen-bond donors (Lipinski definition) is 2. The Labute approximate surface area is 120 Å². The molecule has 0 aromatic heterocycles. The molecule has 0 saturated heterocycles. The minimum absolute atomic E-state index is 0.0784. The van der Waals surface area contributed by atoms with Gasteiger partial charge in [0.2, 0.25) is 5.91 Å². The summed E-state index contributed by atoms with van der Waals surface area (Å²) in [6.07, 6.45) is -4.39. The summed E-state index contributed by atoms with van der Waals surface area (Å²) < 4.78 is 37.4. The first-order chi connectivity index (χ1) is 9.11. The molecule has 1 aromatic rings. The second kappa shape index (κ2) is 6.45. The lowest BCUT2D eigenvalue weighted by molar-refractivity contribution is -0.137. The van der Waals surface area contributed by atoms with Gasteiger partial charge in [0, 0.05) is 12.5 Å². The fourth-order valence-corrected chi connectivity index (χ4v) is 1.67. The Morgan fingerprint density at radius 1 is 1.40 bits per heavy atom. The Morgan fingerprint density at radius 3 is 2.45 bits per heavy atom. The second-order valence-electron chi connectivity index (χ2n) is 4.85. The van der Waals surface area contributed by atoms with Crippen LogP contribution in [-0.4, -0.2) is 11.9 Å². The van der Waals surface area contributed by atoms with Crippen LogP contribution >= 0.6 is 11.6 Å². The van der Waals surface area contributed by atoms with E-state index in [1.54, 1.807) is 0 Å². The summed E-state index contributed by atoms with van der Waals surface area (Å²) in [6, 6.07) is 2.45. The van der Waals surface area contributed by atoms with E-state index in [0.717, 1.165) is 18.2 Å². The van der Waals surface area contributed by atoms with Gasteiger partial charge >= 0.3 is 6.18 Å². The second-order valence-corrected chi connectivity index (χ2v) is 5.26. The number of halogens is 4. The molecule has 1 atom stereocenters. The number of anilines is 1. The van der Waals surface area contributed by atoms with E-state index in [1.165, 1.54) is 0 Å². The van der Waals surface area contributed by atoms with Crippen LogP contribution in [0.4, 0.5) is 18.9 Å². The number of carbonyl (C=O) groups excluding carboxylic acids is 1. The molecule has 1 rings (SSSR count). The first-order valence-corrected chi connectivity index (χ1v) is 6.41. The third-order valence-corrected chi connectivity index (χ3v) is 3.16. The molecule has 1 amide bonds. The average molecular weight is 309 g/mol. The monoisotopic (exact) mass is 308 g/mol. The van der Waals surface area contributed by atoms with E-state index < -0.39 is 11.7 Å². The van der Waals surface area contributed by atoms with E-state index in [2.05, 4.69) is 5.32 Å². The zero-order valence-electron chi connectivity index (χ0n) is 11.1. The summed E-state index contributed by atoms with van der Waals surface area (Å²) in [5.74, 6) is -0.253. The van der Waals surface area contributed by atoms with Crippen molar-refractivity contribution >= 4 is 23.2 Å². The van der Waals surface area contributed by atoms with Crippen molar-refractivity contribution in [1.29, 1.82) is 0 Å². The minimum atomic E-state index is -4.47. The van der Waals surface area contributed by atoms with Gasteiger partial charge in [0.25, 0.3) is 0 Å². The van der Waals surface area contributed by atoms with Crippen LogP contribution in [0, 0.1) is 5.92 Å². The topological polar surface area (TPSA) is 55.1 Å². The largest absolute Gasteiger partial charge is 0.416 e. The van der Waals surface area contributed by atoms with Gasteiger partial charge in [0.1, 0.15) is 0 Å². The normalized spacial score (nSPS) is 13.4. The van der Waals surface area contributed by atoms with Crippen molar-refractivity contribution in [3.63, 3.8) is 0 Å². The Bertz CT molecular complexity index is 489. The van der Waals surface area contributed by atoms with Gasteiger partial charge in [-0.1, -0.05) is 25.4 Å². The number of alkyl halides is 3. The number of rotatable bonds is 4. The number of benzene rings is 1. The molecule has 0 bridgehead atoms. The van der Waals surface area contributed by atoms with Gasteiger partial charge in [0.05, 0.1) is 16.3 Å². The van der Waals surface area contributed by atoms with Crippen molar-refractivity contribution in [2.75, 3.05) is 5.32 Å². The number of nitrogens with two attached hydrogens (primary N) is 1. The zero-order valence-corrected chi connectivity index (χ0v) is 11.8. The predicted molar refractivity (Wildman–Crippen MR) is 72.5 cm³/mol. The molecule has 3 N–H and O–H groups in total. The van der Waals surface area contributed by atoms with Gasteiger partial charge in [0.15, 0.2) is 0 Å². The van der Waals surface area contributed by atoms with Gasteiger partial charge in [-0.15, -0.1) is 0 Å². The molecule has 3 nitrogen and oxygen atoms in total. The Kier molecular flexibility index (Phi) is 5.42. The van der Waals surface area contributed by atoms with E-state index in [1.807, 2.05) is 13.8 Å². The number of hydrogen-bond acceptors (Lipinski definition) is 2. The molecule has 0 spiro atoms. The van der Waals surface area contributed by atoms with Crippen molar-refractivity contribution in [2.24, 2.45) is 11.7 Å². The van der Waals surface area contributed by atoms with Crippen LogP contribution in [0.2, 0.25) is 5.02 Å². The number of amides is 1. The third-order valence-electron chi connectivity index (χ3n) is 2.85. The summed E-state index contributed by atoms with van der Waals surface area (Å²) >= 11 is 5.73. The average Bonchev–Trinajstić information content (AvgIpc) is 2.30. The van der Waals surface area contributed by atoms with Gasteiger partial charge in [-0.05, 0) is 24.1 Å². The van der Waals surface area contributed by atoms with Crippen molar-refractivity contribution in [3.8, 4) is 0 Å². The van der Waals surface area contributed by atoms with Crippen LogP contribution in [0.1, 0.15) is 25.8 Å². The summed E-state index contributed by atoms with van der Waals surface area (Å²) in [6.45, 7) is 3.76. The maximum atomic E-state index is 12.5. The van der Waals surface area contributed by atoms with Crippen molar-refractivity contribution in [3.05, 3.63) is 28.8 Å². The molecule has 0 radical (unpaired) electrons. The quantitative estimate of drug-likeness (QED) is 0.891. The summed E-state index contributed by atoms with van der Waals surface area (Å²) in [4.78, 5) is 11.7. The lowest BCUT2D eigenvalue weighted by atomic mass is 10.0. The maximum Gasteiger partial charge on any atom is 0.416 e. The van der Waals surface area contributed by atoms with Gasteiger partial charge < -0.3 is 11.1 Å². The highest BCUT2D eigenvalue weighted by Gasteiger charge is 2.31. The van der Waals surface area contributed by atoms with Crippen LogP contribution in [-0.2, 0) is 11.0 Å². The van der Waals surface area contributed by atoms with Crippen LogP contribution < -0.4 is 11.1 Å². The van der Waals surface area contributed by atoms with Crippen LogP contribution in [0.15, 0.2) is 18.2 Å².